The van der Waals surface area contributed by atoms with Crippen molar-refractivity contribution in [1.29, 1.82) is 0 Å². The summed E-state index contributed by atoms with van der Waals surface area (Å²) in [4.78, 5) is 16.5. The smallest absolute Gasteiger partial charge is 0.282 e. The van der Waals surface area contributed by atoms with Crippen molar-refractivity contribution in [2.75, 3.05) is 24.6 Å². The van der Waals surface area contributed by atoms with E-state index in [0.717, 1.165) is 65.8 Å². The van der Waals surface area contributed by atoms with E-state index < -0.39 is 8.07 Å². The van der Waals surface area contributed by atoms with Gasteiger partial charge in [-0.25, -0.2) is 0 Å². The SMILES string of the molecule is Cc1c(-c2ccc(O)cc2)c(=O)n2nc(-c3ccccc3)c(N3CCCCC3)c2n1COCC[Si](C)(C)C. The van der Waals surface area contributed by atoms with Gasteiger partial charge in [0.05, 0.1) is 5.56 Å². The van der Waals surface area contributed by atoms with Crippen LogP contribution < -0.4 is 10.5 Å². The summed E-state index contributed by atoms with van der Waals surface area (Å²) >= 11 is 0. The standard InChI is InChI=1S/C30H38N4O3Si/c1-22-26(23-13-15-25(35)16-14-23)30(36)34-29(33(22)21-37-19-20-38(2,3)4)28(32-17-9-6-10-18-32)27(31-34)24-11-7-5-8-12-24/h5,7-8,11-16,35H,6,9-10,17-21H2,1-4H3. The summed E-state index contributed by atoms with van der Waals surface area (Å²) in [6, 6.07) is 18.0. The van der Waals surface area contributed by atoms with E-state index in [-0.39, 0.29) is 11.3 Å². The molecule has 1 aliphatic rings. The van der Waals surface area contributed by atoms with Gasteiger partial charge in [0.1, 0.15) is 23.9 Å². The topological polar surface area (TPSA) is 72.0 Å². The lowest BCUT2D eigenvalue weighted by Gasteiger charge is -2.30. The molecule has 8 heteroatoms. The molecule has 0 spiro atoms. The van der Waals surface area contributed by atoms with Crippen molar-refractivity contribution >= 4 is 19.4 Å². The van der Waals surface area contributed by atoms with Crippen molar-refractivity contribution < 1.29 is 9.84 Å². The molecule has 2 aromatic heterocycles. The lowest BCUT2D eigenvalue weighted by Crippen LogP contribution is -2.31. The molecule has 3 heterocycles. The Hall–Kier alpha value is -3.36. The zero-order valence-corrected chi connectivity index (χ0v) is 23.9. The van der Waals surface area contributed by atoms with Gasteiger partial charge in [-0.3, -0.25) is 4.79 Å². The summed E-state index contributed by atoms with van der Waals surface area (Å²) in [5, 5.41) is 14.8. The normalized spacial score (nSPS) is 14.4. The number of anilines is 1. The summed E-state index contributed by atoms with van der Waals surface area (Å²) in [6.07, 6.45) is 3.45. The van der Waals surface area contributed by atoms with Gasteiger partial charge in [-0.15, -0.1) is 0 Å². The van der Waals surface area contributed by atoms with Crippen molar-refractivity contribution in [3.05, 3.63) is 70.6 Å². The Bertz CT molecular complexity index is 1460. The van der Waals surface area contributed by atoms with Crippen LogP contribution in [0.2, 0.25) is 25.7 Å². The lowest BCUT2D eigenvalue weighted by atomic mass is 10.0. The van der Waals surface area contributed by atoms with Crippen LogP contribution in [-0.4, -0.2) is 47.1 Å². The van der Waals surface area contributed by atoms with Gasteiger partial charge in [0.25, 0.3) is 5.56 Å². The molecule has 0 aliphatic carbocycles. The maximum absolute atomic E-state index is 14.1. The maximum Gasteiger partial charge on any atom is 0.282 e. The van der Waals surface area contributed by atoms with E-state index in [1.807, 2.05) is 25.1 Å². The second-order valence-electron chi connectivity index (χ2n) is 11.4. The molecule has 1 saturated heterocycles. The first-order chi connectivity index (χ1) is 18.2. The molecular formula is C30H38N4O3Si. The van der Waals surface area contributed by atoms with Crippen LogP contribution in [0.3, 0.4) is 0 Å². The molecule has 0 amide bonds. The van der Waals surface area contributed by atoms with Crippen LogP contribution in [0.5, 0.6) is 5.75 Å². The van der Waals surface area contributed by atoms with Crippen LogP contribution in [-0.2, 0) is 11.5 Å². The Morgan fingerprint density at radius 3 is 2.29 bits per heavy atom. The summed E-state index contributed by atoms with van der Waals surface area (Å²) in [7, 11) is -1.25. The number of ether oxygens (including phenoxy) is 1. The molecular weight excluding hydrogens is 492 g/mol. The Kier molecular flexibility index (Phi) is 7.45. The van der Waals surface area contributed by atoms with E-state index in [0.29, 0.717) is 18.9 Å². The molecule has 4 aromatic rings. The number of benzene rings is 2. The third-order valence-corrected chi connectivity index (χ3v) is 9.06. The summed E-state index contributed by atoms with van der Waals surface area (Å²) in [6.45, 7) is 11.9. The highest BCUT2D eigenvalue weighted by molar-refractivity contribution is 6.76. The number of aromatic nitrogens is 3. The first-order valence-corrected chi connectivity index (χ1v) is 17.3. The first kappa shape index (κ1) is 26.3. The lowest BCUT2D eigenvalue weighted by molar-refractivity contribution is 0.0878. The molecule has 0 bridgehead atoms. The second kappa shape index (κ2) is 10.8. The number of nitrogens with zero attached hydrogens (tertiary/aromatic N) is 4. The molecule has 0 atom stereocenters. The Labute approximate surface area is 225 Å². The van der Waals surface area contributed by atoms with Crippen LogP contribution in [0.15, 0.2) is 59.4 Å². The van der Waals surface area contributed by atoms with Crippen molar-refractivity contribution in [3.8, 4) is 28.1 Å². The highest BCUT2D eigenvalue weighted by atomic mass is 28.3. The number of piperidine rings is 1. The van der Waals surface area contributed by atoms with Crippen molar-refractivity contribution in [2.45, 2.75) is 58.6 Å². The van der Waals surface area contributed by atoms with Gasteiger partial charge in [0.15, 0.2) is 5.65 Å². The minimum atomic E-state index is -1.25. The fourth-order valence-electron chi connectivity index (χ4n) is 5.19. The molecule has 2 aromatic carbocycles. The molecule has 5 rings (SSSR count). The van der Waals surface area contributed by atoms with Crippen molar-refractivity contribution in [2.24, 2.45) is 0 Å². The van der Waals surface area contributed by atoms with Gasteiger partial charge in [-0.1, -0.05) is 62.1 Å². The molecule has 0 radical (unpaired) electrons. The van der Waals surface area contributed by atoms with Crippen molar-refractivity contribution in [3.63, 3.8) is 0 Å². The highest BCUT2D eigenvalue weighted by Crippen LogP contribution is 2.37. The van der Waals surface area contributed by atoms with Crippen LogP contribution in [0.1, 0.15) is 25.0 Å². The Balaban J connectivity index is 1.76. The number of phenolic OH excluding ortho intramolecular Hbond substituents is 1. The maximum atomic E-state index is 14.1. The monoisotopic (exact) mass is 530 g/mol. The minimum absolute atomic E-state index is 0.165. The number of fused-ring (bicyclic) bond motifs is 1. The molecule has 1 fully saturated rings. The molecule has 7 nitrogen and oxygen atoms in total. The van der Waals surface area contributed by atoms with Crippen LogP contribution in [0.4, 0.5) is 5.69 Å². The first-order valence-electron chi connectivity index (χ1n) is 13.6. The van der Waals surface area contributed by atoms with Gasteiger partial charge in [0, 0.05) is 39.0 Å². The largest absolute Gasteiger partial charge is 0.508 e. The molecule has 0 unspecified atom stereocenters. The third kappa shape index (κ3) is 5.28. The van der Waals surface area contributed by atoms with E-state index in [1.165, 1.54) is 6.42 Å². The quantitative estimate of drug-likeness (QED) is 0.219. The predicted molar refractivity (Wildman–Crippen MR) is 157 cm³/mol. The number of rotatable bonds is 8. The fraction of sp³-hybridized carbons (Fsp3) is 0.400. The van der Waals surface area contributed by atoms with E-state index >= 15 is 0 Å². The summed E-state index contributed by atoms with van der Waals surface area (Å²) in [5.74, 6) is 0.167. The van der Waals surface area contributed by atoms with Crippen LogP contribution in [0, 0.1) is 6.92 Å². The van der Waals surface area contributed by atoms with Crippen molar-refractivity contribution in [1.82, 2.24) is 14.2 Å². The molecule has 38 heavy (non-hydrogen) atoms. The van der Waals surface area contributed by atoms with E-state index in [9.17, 15) is 9.90 Å². The molecule has 1 aliphatic heterocycles. The second-order valence-corrected chi connectivity index (χ2v) is 17.1. The van der Waals surface area contributed by atoms with Gasteiger partial charge >= 0.3 is 0 Å². The van der Waals surface area contributed by atoms with Gasteiger partial charge in [-0.2, -0.15) is 9.61 Å². The zero-order valence-electron chi connectivity index (χ0n) is 22.9. The van der Waals surface area contributed by atoms with E-state index in [1.54, 1.807) is 28.8 Å². The number of hydrogen-bond acceptors (Lipinski definition) is 5. The summed E-state index contributed by atoms with van der Waals surface area (Å²) in [5.41, 5.74) is 5.58. The number of aromatic hydroxyl groups is 1. The van der Waals surface area contributed by atoms with Gasteiger partial charge in [-0.05, 0) is 49.9 Å². The fourth-order valence-corrected chi connectivity index (χ4v) is 5.95. The van der Waals surface area contributed by atoms with Gasteiger partial charge in [0.2, 0.25) is 0 Å². The molecule has 0 saturated carbocycles. The zero-order chi connectivity index (χ0) is 26.9. The molecule has 1 N–H and O–H groups in total. The third-order valence-electron chi connectivity index (χ3n) is 7.36. The van der Waals surface area contributed by atoms with E-state index in [4.69, 9.17) is 9.84 Å². The average Bonchev–Trinajstić information content (AvgIpc) is 3.31. The average molecular weight is 531 g/mol. The Morgan fingerprint density at radius 2 is 1.63 bits per heavy atom. The summed E-state index contributed by atoms with van der Waals surface area (Å²) < 4.78 is 9.98. The minimum Gasteiger partial charge on any atom is -0.508 e. The predicted octanol–water partition coefficient (Wildman–Crippen LogP) is 6.15. The molecule has 200 valence electrons. The van der Waals surface area contributed by atoms with Gasteiger partial charge < -0.3 is 19.3 Å². The number of hydrogen-bond donors (Lipinski definition) is 1. The highest BCUT2D eigenvalue weighted by Gasteiger charge is 2.28. The van der Waals surface area contributed by atoms with Crippen LogP contribution >= 0.6 is 0 Å². The number of phenols is 1. The van der Waals surface area contributed by atoms with E-state index in [2.05, 4.69) is 41.2 Å². The Morgan fingerprint density at radius 1 is 0.947 bits per heavy atom. The van der Waals surface area contributed by atoms with Crippen LogP contribution in [0.25, 0.3) is 28.0 Å².